The van der Waals surface area contributed by atoms with E-state index in [1.165, 1.54) is 0 Å². The molecular formula is C11H13N3OS. The van der Waals surface area contributed by atoms with Gasteiger partial charge in [0.15, 0.2) is 5.13 Å². The zero-order chi connectivity index (χ0) is 10.8. The number of nitrogens with one attached hydrogen (secondary N) is 1. The molecule has 1 aliphatic rings. The van der Waals surface area contributed by atoms with E-state index >= 15 is 0 Å². The Balaban J connectivity index is 1.82. The van der Waals surface area contributed by atoms with Crippen molar-refractivity contribution in [3.05, 3.63) is 24.0 Å². The van der Waals surface area contributed by atoms with E-state index in [0.717, 1.165) is 42.6 Å². The molecule has 0 aromatic carbocycles. The quantitative estimate of drug-likeness (QED) is 0.862. The Morgan fingerprint density at radius 1 is 1.38 bits per heavy atom. The smallest absolute Gasteiger partial charge is 0.185 e. The molecule has 0 aliphatic carbocycles. The Morgan fingerprint density at radius 3 is 3.00 bits per heavy atom. The second-order valence-electron chi connectivity index (χ2n) is 3.76. The summed E-state index contributed by atoms with van der Waals surface area (Å²) < 4.78 is 5.06. The number of anilines is 1. The van der Waals surface area contributed by atoms with Crippen LogP contribution >= 0.6 is 11.3 Å². The van der Waals surface area contributed by atoms with E-state index in [0.29, 0.717) is 0 Å². The molecule has 1 aliphatic heterocycles. The van der Waals surface area contributed by atoms with Crippen LogP contribution in [-0.2, 0) is 0 Å². The van der Waals surface area contributed by atoms with Crippen LogP contribution in [0.25, 0.3) is 11.3 Å². The highest BCUT2D eigenvalue weighted by atomic mass is 32.1. The molecule has 0 radical (unpaired) electrons. The molecule has 0 bridgehead atoms. The number of nitrogens with zero attached hydrogens (tertiary/aromatic N) is 2. The standard InChI is InChI=1S/C11H13N3OS/c1-6-15-7-9(1)10-8-16-11(13-10)14-4-2-12-3-5-14/h1,6-8,12H,2-5H2. The molecule has 0 atom stereocenters. The molecule has 0 spiro atoms. The van der Waals surface area contributed by atoms with Gasteiger partial charge in [0.25, 0.3) is 0 Å². The fourth-order valence-electron chi connectivity index (χ4n) is 1.81. The van der Waals surface area contributed by atoms with Crippen LogP contribution in [0.15, 0.2) is 28.4 Å². The van der Waals surface area contributed by atoms with Gasteiger partial charge in [-0.05, 0) is 6.07 Å². The monoisotopic (exact) mass is 235 g/mol. The zero-order valence-electron chi connectivity index (χ0n) is 8.85. The van der Waals surface area contributed by atoms with Gasteiger partial charge >= 0.3 is 0 Å². The molecule has 1 N–H and O–H groups in total. The Morgan fingerprint density at radius 2 is 2.25 bits per heavy atom. The van der Waals surface area contributed by atoms with Gasteiger partial charge in [-0.25, -0.2) is 4.98 Å². The summed E-state index contributed by atoms with van der Waals surface area (Å²) in [7, 11) is 0. The first-order valence-corrected chi connectivity index (χ1v) is 6.25. The number of piperazine rings is 1. The van der Waals surface area contributed by atoms with Gasteiger partial charge in [0.1, 0.15) is 0 Å². The van der Waals surface area contributed by atoms with Gasteiger partial charge < -0.3 is 14.6 Å². The number of furan rings is 1. The molecular weight excluding hydrogens is 222 g/mol. The lowest BCUT2D eigenvalue weighted by molar-refractivity contribution is 0.568. The normalized spacial score (nSPS) is 16.6. The molecule has 2 aromatic heterocycles. The average molecular weight is 235 g/mol. The van der Waals surface area contributed by atoms with E-state index in [1.54, 1.807) is 23.9 Å². The van der Waals surface area contributed by atoms with Crippen molar-refractivity contribution in [2.45, 2.75) is 0 Å². The Labute approximate surface area is 97.9 Å². The summed E-state index contributed by atoms with van der Waals surface area (Å²) in [5, 5.41) is 6.53. The minimum atomic E-state index is 1.01. The molecule has 84 valence electrons. The number of hydrogen-bond acceptors (Lipinski definition) is 5. The lowest BCUT2D eigenvalue weighted by Crippen LogP contribution is -2.43. The van der Waals surface area contributed by atoms with Crippen molar-refractivity contribution in [1.29, 1.82) is 0 Å². The van der Waals surface area contributed by atoms with Gasteiger partial charge in [0.2, 0.25) is 0 Å². The van der Waals surface area contributed by atoms with Gasteiger partial charge in [-0.15, -0.1) is 11.3 Å². The number of thiazole rings is 1. The maximum absolute atomic E-state index is 5.06. The van der Waals surface area contributed by atoms with Crippen molar-refractivity contribution in [2.24, 2.45) is 0 Å². The van der Waals surface area contributed by atoms with Gasteiger partial charge in [-0.3, -0.25) is 0 Å². The van der Waals surface area contributed by atoms with Crippen molar-refractivity contribution in [1.82, 2.24) is 10.3 Å². The summed E-state index contributed by atoms with van der Waals surface area (Å²) in [6.07, 6.45) is 3.41. The summed E-state index contributed by atoms with van der Waals surface area (Å²) in [6, 6.07) is 1.94. The number of rotatable bonds is 2. The fourth-order valence-corrected chi connectivity index (χ4v) is 2.70. The minimum Gasteiger partial charge on any atom is -0.472 e. The van der Waals surface area contributed by atoms with Crippen LogP contribution in [0.2, 0.25) is 0 Å². The Bertz CT molecular complexity index is 446. The van der Waals surface area contributed by atoms with Gasteiger partial charge in [0.05, 0.1) is 18.2 Å². The van der Waals surface area contributed by atoms with Gasteiger partial charge in [0, 0.05) is 37.1 Å². The summed E-state index contributed by atoms with van der Waals surface area (Å²) in [4.78, 5) is 6.96. The van der Waals surface area contributed by atoms with E-state index in [4.69, 9.17) is 4.42 Å². The Kier molecular flexibility index (Phi) is 2.63. The highest BCUT2D eigenvalue weighted by Crippen LogP contribution is 2.27. The molecule has 4 nitrogen and oxygen atoms in total. The Hall–Kier alpha value is -1.33. The lowest BCUT2D eigenvalue weighted by Gasteiger charge is -2.26. The topological polar surface area (TPSA) is 41.3 Å². The van der Waals surface area contributed by atoms with Crippen LogP contribution in [0.5, 0.6) is 0 Å². The third kappa shape index (κ3) is 1.83. The maximum atomic E-state index is 5.06. The molecule has 16 heavy (non-hydrogen) atoms. The van der Waals surface area contributed by atoms with Crippen LogP contribution in [0.1, 0.15) is 0 Å². The van der Waals surface area contributed by atoms with E-state index in [1.807, 2.05) is 6.07 Å². The fraction of sp³-hybridized carbons (Fsp3) is 0.364. The minimum absolute atomic E-state index is 1.01. The van der Waals surface area contributed by atoms with E-state index in [-0.39, 0.29) is 0 Å². The van der Waals surface area contributed by atoms with Crippen molar-refractivity contribution in [3.63, 3.8) is 0 Å². The molecule has 5 heteroatoms. The van der Waals surface area contributed by atoms with Crippen LogP contribution in [0.3, 0.4) is 0 Å². The lowest BCUT2D eigenvalue weighted by atomic mass is 10.3. The summed E-state index contributed by atoms with van der Waals surface area (Å²) in [5.74, 6) is 0. The number of hydrogen-bond donors (Lipinski definition) is 1. The van der Waals surface area contributed by atoms with Gasteiger partial charge in [-0.2, -0.15) is 0 Å². The van der Waals surface area contributed by atoms with Crippen LogP contribution in [-0.4, -0.2) is 31.2 Å². The first kappa shape index (κ1) is 9.86. The molecule has 1 saturated heterocycles. The van der Waals surface area contributed by atoms with Crippen molar-refractivity contribution in [3.8, 4) is 11.3 Å². The zero-order valence-corrected chi connectivity index (χ0v) is 9.67. The molecule has 3 heterocycles. The highest BCUT2D eigenvalue weighted by Gasteiger charge is 2.14. The van der Waals surface area contributed by atoms with Crippen molar-refractivity contribution >= 4 is 16.5 Å². The molecule has 3 rings (SSSR count). The molecule has 0 amide bonds. The molecule has 2 aromatic rings. The van der Waals surface area contributed by atoms with E-state index in [2.05, 4.69) is 20.6 Å². The highest BCUT2D eigenvalue weighted by molar-refractivity contribution is 7.14. The summed E-state index contributed by atoms with van der Waals surface area (Å²) in [6.45, 7) is 4.16. The maximum Gasteiger partial charge on any atom is 0.185 e. The summed E-state index contributed by atoms with van der Waals surface area (Å²) in [5.41, 5.74) is 2.06. The average Bonchev–Trinajstić information content (AvgIpc) is 3.01. The second kappa shape index (κ2) is 4.27. The summed E-state index contributed by atoms with van der Waals surface area (Å²) >= 11 is 1.70. The van der Waals surface area contributed by atoms with Crippen LogP contribution < -0.4 is 10.2 Å². The van der Waals surface area contributed by atoms with Crippen molar-refractivity contribution < 1.29 is 4.42 Å². The number of aromatic nitrogens is 1. The van der Waals surface area contributed by atoms with Crippen LogP contribution in [0.4, 0.5) is 5.13 Å². The second-order valence-corrected chi connectivity index (χ2v) is 4.60. The largest absolute Gasteiger partial charge is 0.472 e. The predicted octanol–water partition coefficient (Wildman–Crippen LogP) is 1.81. The van der Waals surface area contributed by atoms with Crippen LogP contribution in [0, 0.1) is 0 Å². The SMILES string of the molecule is c1cc(-c2csc(N3CCNCC3)n2)co1. The predicted molar refractivity (Wildman–Crippen MR) is 64.9 cm³/mol. The molecule has 0 unspecified atom stereocenters. The molecule has 0 saturated carbocycles. The third-order valence-corrected chi connectivity index (χ3v) is 3.60. The third-order valence-electron chi connectivity index (χ3n) is 2.70. The first-order chi connectivity index (χ1) is 7.93. The van der Waals surface area contributed by atoms with Gasteiger partial charge in [-0.1, -0.05) is 0 Å². The van der Waals surface area contributed by atoms with E-state index in [9.17, 15) is 0 Å². The molecule has 1 fully saturated rings. The van der Waals surface area contributed by atoms with Crippen molar-refractivity contribution in [2.75, 3.05) is 31.1 Å². The van der Waals surface area contributed by atoms with E-state index < -0.39 is 0 Å². The first-order valence-electron chi connectivity index (χ1n) is 5.37.